The van der Waals surface area contributed by atoms with E-state index in [0.29, 0.717) is 11.4 Å². The van der Waals surface area contributed by atoms with Gasteiger partial charge in [0.05, 0.1) is 17.3 Å². The number of benzene rings is 1. The molecule has 1 heterocycles. The standard InChI is InChI=1S/C15H12BrN5O2/c1-23-13-5-3-2-4-12(13)21-14(22)10(6-17)7-18-15-19-8-11(16)9-20-15/h2-5,7-9H,1H3,(H,21,22)(H,18,19,20)/b10-7-. The molecule has 23 heavy (non-hydrogen) atoms. The van der Waals surface area contributed by atoms with E-state index < -0.39 is 5.91 Å². The summed E-state index contributed by atoms with van der Waals surface area (Å²) < 4.78 is 5.87. The fraction of sp³-hybridized carbons (Fsp3) is 0.0667. The molecule has 0 radical (unpaired) electrons. The number of methoxy groups -OCH3 is 1. The van der Waals surface area contributed by atoms with Crippen molar-refractivity contribution in [3.63, 3.8) is 0 Å². The molecule has 0 aliphatic carbocycles. The fourth-order valence-corrected chi connectivity index (χ4v) is 1.81. The van der Waals surface area contributed by atoms with Crippen molar-refractivity contribution in [1.29, 1.82) is 5.26 Å². The molecule has 0 fully saturated rings. The van der Waals surface area contributed by atoms with E-state index >= 15 is 0 Å². The van der Waals surface area contributed by atoms with Gasteiger partial charge in [-0.15, -0.1) is 0 Å². The number of aromatic nitrogens is 2. The van der Waals surface area contributed by atoms with Gasteiger partial charge in [0.1, 0.15) is 17.4 Å². The third kappa shape index (κ3) is 4.52. The Bertz CT molecular complexity index is 768. The Morgan fingerprint density at radius 2 is 2.04 bits per heavy atom. The molecular weight excluding hydrogens is 362 g/mol. The number of amides is 1. The van der Waals surface area contributed by atoms with Crippen LogP contribution in [0.1, 0.15) is 0 Å². The van der Waals surface area contributed by atoms with E-state index in [1.165, 1.54) is 13.3 Å². The maximum atomic E-state index is 12.1. The van der Waals surface area contributed by atoms with Gasteiger partial charge in [0.2, 0.25) is 5.95 Å². The lowest BCUT2D eigenvalue weighted by Crippen LogP contribution is -2.15. The Hall–Kier alpha value is -2.92. The average Bonchev–Trinajstić information content (AvgIpc) is 2.57. The van der Waals surface area contributed by atoms with E-state index in [-0.39, 0.29) is 11.5 Å². The molecule has 1 amide bonds. The van der Waals surface area contributed by atoms with E-state index in [2.05, 4.69) is 36.5 Å². The van der Waals surface area contributed by atoms with E-state index in [4.69, 9.17) is 10.00 Å². The van der Waals surface area contributed by atoms with Gasteiger partial charge < -0.3 is 15.4 Å². The van der Waals surface area contributed by atoms with Crippen molar-refractivity contribution in [2.75, 3.05) is 17.7 Å². The van der Waals surface area contributed by atoms with Crippen LogP contribution in [0.15, 0.2) is 52.9 Å². The van der Waals surface area contributed by atoms with Crippen molar-refractivity contribution in [3.05, 3.63) is 52.9 Å². The summed E-state index contributed by atoms with van der Waals surface area (Å²) in [6.45, 7) is 0. The average molecular weight is 374 g/mol. The molecule has 2 N–H and O–H groups in total. The molecule has 0 aliphatic heterocycles. The summed E-state index contributed by atoms with van der Waals surface area (Å²) in [6.07, 6.45) is 4.34. The number of ether oxygens (including phenoxy) is 1. The second kappa shape index (κ2) is 7.91. The maximum absolute atomic E-state index is 12.1. The first kappa shape index (κ1) is 16.5. The zero-order valence-electron chi connectivity index (χ0n) is 12.1. The highest BCUT2D eigenvalue weighted by atomic mass is 79.9. The van der Waals surface area contributed by atoms with E-state index in [9.17, 15) is 4.79 Å². The fourth-order valence-electron chi connectivity index (χ4n) is 1.61. The van der Waals surface area contributed by atoms with Crippen LogP contribution < -0.4 is 15.4 Å². The maximum Gasteiger partial charge on any atom is 0.267 e. The Balaban J connectivity index is 2.10. The summed E-state index contributed by atoms with van der Waals surface area (Å²) in [6, 6.07) is 8.74. The smallest absolute Gasteiger partial charge is 0.267 e. The molecule has 1 aromatic carbocycles. The zero-order chi connectivity index (χ0) is 16.7. The van der Waals surface area contributed by atoms with Gasteiger partial charge in [-0.3, -0.25) is 4.79 Å². The number of anilines is 2. The molecule has 2 rings (SSSR count). The summed E-state index contributed by atoms with van der Waals surface area (Å²) in [7, 11) is 1.50. The monoisotopic (exact) mass is 373 g/mol. The molecule has 0 unspecified atom stereocenters. The molecule has 2 aromatic rings. The molecule has 0 saturated heterocycles. The number of carbonyl (C=O) groups is 1. The summed E-state index contributed by atoms with van der Waals surface area (Å²) in [5.74, 6) is 0.204. The first-order valence-corrected chi connectivity index (χ1v) is 7.22. The minimum absolute atomic E-state index is 0.123. The van der Waals surface area contributed by atoms with E-state index in [1.807, 2.05) is 6.07 Å². The van der Waals surface area contributed by atoms with Gasteiger partial charge in [0.25, 0.3) is 5.91 Å². The lowest BCUT2D eigenvalue weighted by atomic mass is 10.2. The minimum atomic E-state index is -0.568. The first-order chi connectivity index (χ1) is 11.1. The number of rotatable bonds is 5. The largest absolute Gasteiger partial charge is 0.495 e. The molecule has 1 aromatic heterocycles. The van der Waals surface area contributed by atoms with Crippen molar-refractivity contribution in [3.8, 4) is 11.8 Å². The number of nitrogens with one attached hydrogen (secondary N) is 2. The lowest BCUT2D eigenvalue weighted by molar-refractivity contribution is -0.112. The molecule has 0 spiro atoms. The Morgan fingerprint density at radius 1 is 1.35 bits per heavy atom. The number of nitriles is 1. The van der Waals surface area contributed by atoms with Gasteiger partial charge in [-0.25, -0.2) is 9.97 Å². The summed E-state index contributed by atoms with van der Waals surface area (Å²) in [5.41, 5.74) is 0.350. The summed E-state index contributed by atoms with van der Waals surface area (Å²) in [5, 5.41) is 14.4. The van der Waals surface area contributed by atoms with Gasteiger partial charge in [0.15, 0.2) is 0 Å². The van der Waals surface area contributed by atoms with Gasteiger partial charge >= 0.3 is 0 Å². The van der Waals surface area contributed by atoms with Gasteiger partial charge in [-0.05, 0) is 28.1 Å². The first-order valence-electron chi connectivity index (χ1n) is 6.42. The summed E-state index contributed by atoms with van der Waals surface area (Å²) in [4.78, 5) is 20.1. The second-order valence-corrected chi connectivity index (χ2v) is 5.11. The SMILES string of the molecule is COc1ccccc1NC(=O)/C(C#N)=C\Nc1ncc(Br)cn1. The Kier molecular flexibility index (Phi) is 5.66. The highest BCUT2D eigenvalue weighted by Gasteiger charge is 2.12. The molecule has 0 saturated carbocycles. The quantitative estimate of drug-likeness (QED) is 0.617. The Morgan fingerprint density at radius 3 is 2.70 bits per heavy atom. The number of carbonyl (C=O) groups excluding carboxylic acids is 1. The third-order valence-electron chi connectivity index (χ3n) is 2.69. The van der Waals surface area contributed by atoms with Crippen LogP contribution in [0, 0.1) is 11.3 Å². The van der Waals surface area contributed by atoms with Crippen molar-refractivity contribution < 1.29 is 9.53 Å². The van der Waals surface area contributed by atoms with Crippen LogP contribution in [0.4, 0.5) is 11.6 Å². The topological polar surface area (TPSA) is 99.9 Å². The van der Waals surface area contributed by atoms with Crippen LogP contribution in [0.3, 0.4) is 0 Å². The second-order valence-electron chi connectivity index (χ2n) is 4.19. The molecule has 0 atom stereocenters. The van der Waals surface area contributed by atoms with Crippen LogP contribution in [0.2, 0.25) is 0 Å². The van der Waals surface area contributed by atoms with Crippen LogP contribution in [-0.4, -0.2) is 23.0 Å². The van der Waals surface area contributed by atoms with Crippen molar-refractivity contribution in [2.24, 2.45) is 0 Å². The number of para-hydroxylation sites is 2. The minimum Gasteiger partial charge on any atom is -0.495 e. The zero-order valence-corrected chi connectivity index (χ0v) is 13.7. The number of hydrogen-bond donors (Lipinski definition) is 2. The molecule has 8 heteroatoms. The Labute approximate surface area is 141 Å². The predicted octanol–water partition coefficient (Wildman–Crippen LogP) is 2.71. The number of hydrogen-bond acceptors (Lipinski definition) is 6. The van der Waals surface area contributed by atoms with Gasteiger partial charge in [-0.1, -0.05) is 12.1 Å². The molecule has 0 aliphatic rings. The molecule has 116 valence electrons. The van der Waals surface area contributed by atoms with Crippen molar-refractivity contribution in [1.82, 2.24) is 9.97 Å². The number of halogens is 1. The van der Waals surface area contributed by atoms with Gasteiger partial charge in [0, 0.05) is 18.6 Å². The van der Waals surface area contributed by atoms with Gasteiger partial charge in [-0.2, -0.15) is 5.26 Å². The third-order valence-corrected chi connectivity index (χ3v) is 3.10. The highest BCUT2D eigenvalue weighted by molar-refractivity contribution is 9.10. The molecule has 0 bridgehead atoms. The van der Waals surface area contributed by atoms with Crippen LogP contribution >= 0.6 is 15.9 Å². The van der Waals surface area contributed by atoms with Crippen LogP contribution in [0.5, 0.6) is 5.75 Å². The highest BCUT2D eigenvalue weighted by Crippen LogP contribution is 2.23. The van der Waals surface area contributed by atoms with E-state index in [1.54, 1.807) is 36.7 Å². The van der Waals surface area contributed by atoms with Crippen LogP contribution in [0.25, 0.3) is 0 Å². The lowest BCUT2D eigenvalue weighted by Gasteiger charge is -2.09. The van der Waals surface area contributed by atoms with Crippen molar-refractivity contribution in [2.45, 2.75) is 0 Å². The molecular formula is C15H12BrN5O2. The van der Waals surface area contributed by atoms with Crippen LogP contribution in [-0.2, 0) is 4.79 Å². The number of nitrogens with zero attached hydrogens (tertiary/aromatic N) is 3. The van der Waals surface area contributed by atoms with Crippen molar-refractivity contribution >= 4 is 33.5 Å². The molecule has 7 nitrogen and oxygen atoms in total. The van der Waals surface area contributed by atoms with E-state index in [0.717, 1.165) is 4.47 Å². The normalized spacial score (nSPS) is 10.6. The summed E-state index contributed by atoms with van der Waals surface area (Å²) >= 11 is 3.22. The predicted molar refractivity (Wildman–Crippen MR) is 88.7 cm³/mol.